The minimum absolute atomic E-state index is 0.147. The summed E-state index contributed by atoms with van der Waals surface area (Å²) in [7, 11) is 0. The first-order valence-electron chi connectivity index (χ1n) is 4.94. The van der Waals surface area contributed by atoms with E-state index in [0.29, 0.717) is 12.1 Å². The normalized spacial score (nSPS) is 10.6. The van der Waals surface area contributed by atoms with E-state index in [2.05, 4.69) is 37.2 Å². The third-order valence-electron chi connectivity index (χ3n) is 2.06. The van der Waals surface area contributed by atoms with Gasteiger partial charge in [0.1, 0.15) is 5.82 Å². The third-order valence-corrected chi connectivity index (χ3v) is 3.11. The van der Waals surface area contributed by atoms with Crippen LogP contribution in [0, 0.1) is 5.82 Å². The van der Waals surface area contributed by atoms with Gasteiger partial charge in [-0.25, -0.2) is 4.39 Å². The van der Waals surface area contributed by atoms with E-state index in [0.717, 1.165) is 29.2 Å². The second-order valence-corrected chi connectivity index (χ2v) is 5.02. The van der Waals surface area contributed by atoms with Crippen LogP contribution in [0.1, 0.15) is 18.4 Å². The molecule has 4 heteroatoms. The van der Waals surface area contributed by atoms with Crippen molar-refractivity contribution in [2.75, 3.05) is 11.9 Å². The highest BCUT2D eigenvalue weighted by Crippen LogP contribution is 2.15. The molecule has 1 aromatic carbocycles. The Labute approximate surface area is 107 Å². The van der Waals surface area contributed by atoms with Crippen molar-refractivity contribution in [1.82, 2.24) is 5.32 Å². The smallest absolute Gasteiger partial charge is 0.127 e. The number of hydrogen-bond donors (Lipinski definition) is 1. The Bertz CT molecular complexity index is 305. The number of hydrogen-bond acceptors (Lipinski definition) is 1. The minimum Gasteiger partial charge on any atom is -0.313 e. The highest BCUT2D eigenvalue weighted by Gasteiger charge is 2.01. The molecule has 0 radical (unpaired) electrons. The maximum atomic E-state index is 13.3. The van der Waals surface area contributed by atoms with Crippen LogP contribution < -0.4 is 5.32 Å². The van der Waals surface area contributed by atoms with Gasteiger partial charge in [-0.15, -0.1) is 0 Å². The first kappa shape index (κ1) is 13.1. The molecule has 0 saturated heterocycles. The first-order chi connectivity index (χ1) is 7.24. The molecule has 0 aromatic heterocycles. The van der Waals surface area contributed by atoms with Gasteiger partial charge in [-0.05, 0) is 37.6 Å². The van der Waals surface area contributed by atoms with Gasteiger partial charge in [0.15, 0.2) is 0 Å². The topological polar surface area (TPSA) is 12.0 Å². The molecule has 0 unspecified atom stereocenters. The standard InChI is InChI=1S/C11H14Br2FN/c12-5-1-2-6-15-8-9-7-10(13)3-4-11(9)14/h3-4,7,15H,1-2,5-6,8H2. The lowest BCUT2D eigenvalue weighted by molar-refractivity contribution is 0.580. The lowest BCUT2D eigenvalue weighted by Gasteiger charge is -2.05. The summed E-state index contributed by atoms with van der Waals surface area (Å²) in [6, 6.07) is 5.01. The Morgan fingerprint density at radius 3 is 2.80 bits per heavy atom. The fourth-order valence-electron chi connectivity index (χ4n) is 1.25. The van der Waals surface area contributed by atoms with Crippen molar-refractivity contribution >= 4 is 31.9 Å². The van der Waals surface area contributed by atoms with Gasteiger partial charge in [0.05, 0.1) is 0 Å². The van der Waals surface area contributed by atoms with Gasteiger partial charge in [0, 0.05) is 21.9 Å². The molecule has 0 spiro atoms. The summed E-state index contributed by atoms with van der Waals surface area (Å²) in [5, 5.41) is 4.25. The van der Waals surface area contributed by atoms with Crippen LogP contribution in [0.2, 0.25) is 0 Å². The molecule has 0 atom stereocenters. The Morgan fingerprint density at radius 1 is 1.27 bits per heavy atom. The van der Waals surface area contributed by atoms with E-state index in [1.807, 2.05) is 6.07 Å². The van der Waals surface area contributed by atoms with E-state index < -0.39 is 0 Å². The van der Waals surface area contributed by atoms with E-state index in [1.165, 1.54) is 6.07 Å². The number of rotatable bonds is 6. The predicted octanol–water partition coefficient (Wildman–Crippen LogP) is 3.85. The Hall–Kier alpha value is 0.0700. The molecule has 0 heterocycles. The van der Waals surface area contributed by atoms with Crippen LogP contribution in [0.4, 0.5) is 4.39 Å². The summed E-state index contributed by atoms with van der Waals surface area (Å²) < 4.78 is 14.2. The van der Waals surface area contributed by atoms with Gasteiger partial charge in [-0.3, -0.25) is 0 Å². The lowest BCUT2D eigenvalue weighted by atomic mass is 10.2. The third kappa shape index (κ3) is 5.09. The van der Waals surface area contributed by atoms with E-state index in [-0.39, 0.29) is 5.82 Å². The van der Waals surface area contributed by atoms with Gasteiger partial charge >= 0.3 is 0 Å². The van der Waals surface area contributed by atoms with Crippen molar-refractivity contribution in [2.45, 2.75) is 19.4 Å². The second-order valence-electron chi connectivity index (χ2n) is 3.31. The molecule has 84 valence electrons. The molecule has 0 saturated carbocycles. The Balaban J connectivity index is 2.33. The number of benzene rings is 1. The monoisotopic (exact) mass is 337 g/mol. The molecule has 1 aromatic rings. The average molecular weight is 339 g/mol. The van der Waals surface area contributed by atoms with Crippen molar-refractivity contribution in [3.63, 3.8) is 0 Å². The quantitative estimate of drug-likeness (QED) is 0.613. The van der Waals surface area contributed by atoms with Crippen molar-refractivity contribution in [3.05, 3.63) is 34.1 Å². The fraction of sp³-hybridized carbons (Fsp3) is 0.455. The summed E-state index contributed by atoms with van der Waals surface area (Å²) >= 11 is 6.70. The highest BCUT2D eigenvalue weighted by molar-refractivity contribution is 9.10. The second kappa shape index (κ2) is 7.36. The van der Waals surface area contributed by atoms with Crippen LogP contribution in [0.15, 0.2) is 22.7 Å². The lowest BCUT2D eigenvalue weighted by Crippen LogP contribution is -2.15. The molecule has 0 fully saturated rings. The number of unbranched alkanes of at least 4 members (excludes halogenated alkanes) is 1. The number of alkyl halides is 1. The van der Waals surface area contributed by atoms with E-state index in [4.69, 9.17) is 0 Å². The molecule has 0 bridgehead atoms. The van der Waals surface area contributed by atoms with Gasteiger partial charge in [-0.2, -0.15) is 0 Å². The van der Waals surface area contributed by atoms with Crippen molar-refractivity contribution in [1.29, 1.82) is 0 Å². The molecule has 0 aliphatic heterocycles. The molecule has 0 aliphatic carbocycles. The predicted molar refractivity (Wildman–Crippen MR) is 68.8 cm³/mol. The Morgan fingerprint density at radius 2 is 2.07 bits per heavy atom. The number of halogens is 3. The van der Waals surface area contributed by atoms with Crippen LogP contribution >= 0.6 is 31.9 Å². The molecule has 1 nitrogen and oxygen atoms in total. The molecule has 0 aliphatic rings. The summed E-state index contributed by atoms with van der Waals surface area (Å²) in [6.45, 7) is 1.52. The van der Waals surface area contributed by atoms with Crippen LogP contribution in [-0.4, -0.2) is 11.9 Å². The summed E-state index contributed by atoms with van der Waals surface area (Å²) in [4.78, 5) is 0. The zero-order valence-electron chi connectivity index (χ0n) is 8.40. The fourth-order valence-corrected chi connectivity index (χ4v) is 2.05. The van der Waals surface area contributed by atoms with Crippen molar-refractivity contribution in [3.8, 4) is 0 Å². The van der Waals surface area contributed by atoms with Crippen molar-refractivity contribution in [2.24, 2.45) is 0 Å². The van der Waals surface area contributed by atoms with Crippen LogP contribution in [0.3, 0.4) is 0 Å². The average Bonchev–Trinajstić information content (AvgIpc) is 2.23. The van der Waals surface area contributed by atoms with Gasteiger partial charge in [0.25, 0.3) is 0 Å². The zero-order chi connectivity index (χ0) is 11.1. The summed E-state index contributed by atoms with van der Waals surface area (Å²) in [5.74, 6) is -0.147. The van der Waals surface area contributed by atoms with E-state index in [1.54, 1.807) is 6.07 Å². The van der Waals surface area contributed by atoms with Gasteiger partial charge in [0.2, 0.25) is 0 Å². The van der Waals surface area contributed by atoms with Crippen LogP contribution in [-0.2, 0) is 6.54 Å². The zero-order valence-corrected chi connectivity index (χ0v) is 11.6. The van der Waals surface area contributed by atoms with Crippen molar-refractivity contribution < 1.29 is 4.39 Å². The Kier molecular flexibility index (Phi) is 6.45. The maximum absolute atomic E-state index is 13.3. The SMILES string of the molecule is Fc1ccc(Br)cc1CNCCCCBr. The first-order valence-corrected chi connectivity index (χ1v) is 6.86. The molecule has 1 N–H and O–H groups in total. The molecular weight excluding hydrogens is 325 g/mol. The molecule has 15 heavy (non-hydrogen) atoms. The van der Waals surface area contributed by atoms with Crippen LogP contribution in [0.25, 0.3) is 0 Å². The number of nitrogens with one attached hydrogen (secondary N) is 1. The van der Waals surface area contributed by atoms with Crippen LogP contribution in [0.5, 0.6) is 0 Å². The van der Waals surface area contributed by atoms with E-state index in [9.17, 15) is 4.39 Å². The molecular formula is C11H14Br2FN. The minimum atomic E-state index is -0.147. The van der Waals surface area contributed by atoms with E-state index >= 15 is 0 Å². The molecule has 1 rings (SSSR count). The maximum Gasteiger partial charge on any atom is 0.127 e. The molecule has 0 amide bonds. The summed E-state index contributed by atoms with van der Waals surface area (Å²) in [6.07, 6.45) is 2.26. The van der Waals surface area contributed by atoms with Gasteiger partial charge in [-0.1, -0.05) is 31.9 Å². The van der Waals surface area contributed by atoms with Gasteiger partial charge < -0.3 is 5.32 Å². The highest BCUT2D eigenvalue weighted by atomic mass is 79.9. The summed E-state index contributed by atoms with van der Waals surface area (Å²) in [5.41, 5.74) is 0.711. The largest absolute Gasteiger partial charge is 0.313 e.